The standard InChI is InChI=1S/C22H21N5O2S/c28-19(25-12-6-7-13-25)15-30-22-24-23-21-26(14-16-8-2-1-3-9-16)20(29)17-10-4-5-11-18(17)27(21)22/h1-5,8-11H,6-7,12-15H2. The molecule has 3 heterocycles. The molecule has 1 saturated heterocycles. The highest BCUT2D eigenvalue weighted by atomic mass is 32.2. The number of benzene rings is 2. The normalized spacial score (nSPS) is 14.1. The number of para-hydroxylation sites is 1. The third-order valence-corrected chi connectivity index (χ3v) is 6.36. The first-order valence-electron chi connectivity index (χ1n) is 10.0. The number of thioether (sulfide) groups is 1. The van der Waals surface area contributed by atoms with Crippen LogP contribution in [0.15, 0.2) is 64.5 Å². The Labute approximate surface area is 177 Å². The molecule has 1 aliphatic heterocycles. The molecule has 0 radical (unpaired) electrons. The van der Waals surface area contributed by atoms with Gasteiger partial charge in [-0.3, -0.25) is 18.6 Å². The predicted octanol–water partition coefficient (Wildman–Crippen LogP) is 2.81. The van der Waals surface area contributed by atoms with Crippen LogP contribution >= 0.6 is 11.8 Å². The van der Waals surface area contributed by atoms with Gasteiger partial charge >= 0.3 is 0 Å². The van der Waals surface area contributed by atoms with Crippen molar-refractivity contribution in [1.29, 1.82) is 0 Å². The van der Waals surface area contributed by atoms with Gasteiger partial charge in [-0.15, -0.1) is 10.2 Å². The van der Waals surface area contributed by atoms with E-state index in [0.717, 1.165) is 37.0 Å². The fraction of sp³-hybridized carbons (Fsp3) is 0.273. The lowest BCUT2D eigenvalue weighted by molar-refractivity contribution is -0.127. The molecule has 7 nitrogen and oxygen atoms in total. The number of carbonyl (C=O) groups excluding carboxylic acids is 1. The highest BCUT2D eigenvalue weighted by molar-refractivity contribution is 7.99. The maximum absolute atomic E-state index is 13.2. The van der Waals surface area contributed by atoms with Crippen LogP contribution in [-0.4, -0.2) is 48.8 Å². The zero-order valence-corrected chi connectivity index (χ0v) is 17.2. The second-order valence-electron chi connectivity index (χ2n) is 7.39. The van der Waals surface area contributed by atoms with Gasteiger partial charge in [0.25, 0.3) is 5.56 Å². The van der Waals surface area contributed by atoms with Gasteiger partial charge in [-0.25, -0.2) is 0 Å². The molecule has 0 bridgehead atoms. The van der Waals surface area contributed by atoms with Gasteiger partial charge in [-0.05, 0) is 30.5 Å². The Morgan fingerprint density at radius 1 is 0.967 bits per heavy atom. The first-order valence-corrected chi connectivity index (χ1v) is 11.0. The topological polar surface area (TPSA) is 72.5 Å². The number of fused-ring (bicyclic) bond motifs is 3. The average Bonchev–Trinajstić information content (AvgIpc) is 3.46. The van der Waals surface area contributed by atoms with Crippen molar-refractivity contribution in [2.24, 2.45) is 0 Å². The molecule has 30 heavy (non-hydrogen) atoms. The minimum absolute atomic E-state index is 0.0981. The first-order chi connectivity index (χ1) is 14.7. The summed E-state index contributed by atoms with van der Waals surface area (Å²) in [6.45, 7) is 2.07. The van der Waals surface area contributed by atoms with E-state index < -0.39 is 0 Å². The van der Waals surface area contributed by atoms with E-state index >= 15 is 0 Å². The molecule has 0 unspecified atom stereocenters. The Morgan fingerprint density at radius 2 is 1.70 bits per heavy atom. The van der Waals surface area contributed by atoms with Gasteiger partial charge in [-0.1, -0.05) is 54.2 Å². The van der Waals surface area contributed by atoms with E-state index in [9.17, 15) is 9.59 Å². The molecule has 0 saturated carbocycles. The van der Waals surface area contributed by atoms with Gasteiger partial charge in [-0.2, -0.15) is 0 Å². The van der Waals surface area contributed by atoms with Gasteiger partial charge in [0.05, 0.1) is 23.2 Å². The van der Waals surface area contributed by atoms with E-state index in [4.69, 9.17) is 0 Å². The molecule has 4 aromatic rings. The zero-order chi connectivity index (χ0) is 20.5. The fourth-order valence-electron chi connectivity index (χ4n) is 3.92. The zero-order valence-electron chi connectivity index (χ0n) is 16.4. The van der Waals surface area contributed by atoms with E-state index in [2.05, 4.69) is 10.2 Å². The summed E-state index contributed by atoms with van der Waals surface area (Å²) in [6.07, 6.45) is 2.14. The Kier molecular flexibility index (Phi) is 5.00. The van der Waals surface area contributed by atoms with Crippen LogP contribution in [0.25, 0.3) is 16.7 Å². The molecule has 1 aliphatic rings. The summed E-state index contributed by atoms with van der Waals surface area (Å²) >= 11 is 1.37. The number of rotatable bonds is 5. The van der Waals surface area contributed by atoms with Crippen LogP contribution in [0.2, 0.25) is 0 Å². The van der Waals surface area contributed by atoms with E-state index in [1.165, 1.54) is 11.8 Å². The van der Waals surface area contributed by atoms with Crippen LogP contribution in [0.1, 0.15) is 18.4 Å². The van der Waals surface area contributed by atoms with E-state index in [1.807, 2.05) is 63.9 Å². The van der Waals surface area contributed by atoms with E-state index in [1.54, 1.807) is 4.57 Å². The van der Waals surface area contributed by atoms with Crippen LogP contribution < -0.4 is 5.56 Å². The smallest absolute Gasteiger partial charge is 0.263 e. The summed E-state index contributed by atoms with van der Waals surface area (Å²) in [5, 5.41) is 9.89. The van der Waals surface area contributed by atoms with Crippen LogP contribution in [-0.2, 0) is 11.3 Å². The SMILES string of the molecule is O=C(CSc1nnc2n(Cc3ccccc3)c(=O)c3ccccc3n12)N1CCCC1. The molecule has 5 rings (SSSR count). The van der Waals surface area contributed by atoms with Crippen LogP contribution in [0.5, 0.6) is 0 Å². The van der Waals surface area contributed by atoms with E-state index in [-0.39, 0.29) is 11.5 Å². The molecule has 1 fully saturated rings. The van der Waals surface area contributed by atoms with Crippen LogP contribution in [0, 0.1) is 0 Å². The molecule has 1 amide bonds. The predicted molar refractivity (Wildman–Crippen MR) is 117 cm³/mol. The quantitative estimate of drug-likeness (QED) is 0.465. The lowest BCUT2D eigenvalue weighted by Gasteiger charge is -2.14. The van der Waals surface area contributed by atoms with Crippen molar-refractivity contribution in [3.8, 4) is 0 Å². The number of amides is 1. The van der Waals surface area contributed by atoms with Crippen LogP contribution in [0.3, 0.4) is 0 Å². The highest BCUT2D eigenvalue weighted by Gasteiger charge is 2.21. The van der Waals surface area contributed by atoms with Crippen molar-refractivity contribution in [2.75, 3.05) is 18.8 Å². The molecule has 0 N–H and O–H groups in total. The maximum atomic E-state index is 13.2. The van der Waals surface area contributed by atoms with Gasteiger partial charge in [0, 0.05) is 13.1 Å². The Morgan fingerprint density at radius 3 is 2.50 bits per heavy atom. The molecule has 8 heteroatoms. The second-order valence-corrected chi connectivity index (χ2v) is 8.33. The molecule has 0 spiro atoms. The number of likely N-dealkylation sites (tertiary alicyclic amines) is 1. The second kappa shape index (κ2) is 7.95. The molecular formula is C22H21N5O2S. The molecule has 2 aromatic carbocycles. The summed E-state index contributed by atoms with van der Waals surface area (Å²) < 4.78 is 3.54. The summed E-state index contributed by atoms with van der Waals surface area (Å²) in [6, 6.07) is 17.3. The van der Waals surface area contributed by atoms with Crippen molar-refractivity contribution in [3.63, 3.8) is 0 Å². The van der Waals surface area contributed by atoms with Gasteiger partial charge in [0.2, 0.25) is 11.7 Å². The molecule has 0 aliphatic carbocycles. The Hall–Kier alpha value is -3.13. The molecular weight excluding hydrogens is 398 g/mol. The minimum Gasteiger partial charge on any atom is -0.342 e. The first kappa shape index (κ1) is 18.9. The van der Waals surface area contributed by atoms with Crippen molar-refractivity contribution < 1.29 is 4.79 Å². The Bertz CT molecular complexity index is 1280. The minimum atomic E-state index is -0.0981. The summed E-state index contributed by atoms with van der Waals surface area (Å²) in [7, 11) is 0. The van der Waals surface area contributed by atoms with Gasteiger partial charge in [0.15, 0.2) is 5.16 Å². The number of nitrogens with zero attached hydrogens (tertiary/aromatic N) is 5. The summed E-state index contributed by atoms with van der Waals surface area (Å²) in [5.41, 5.74) is 1.67. The van der Waals surface area contributed by atoms with Crippen molar-refractivity contribution in [1.82, 2.24) is 24.1 Å². The Balaban J connectivity index is 1.58. The van der Waals surface area contributed by atoms with Crippen molar-refractivity contribution >= 4 is 34.3 Å². The third kappa shape index (κ3) is 3.37. The van der Waals surface area contributed by atoms with Crippen molar-refractivity contribution in [2.45, 2.75) is 24.5 Å². The number of hydrogen-bond donors (Lipinski definition) is 0. The molecule has 152 valence electrons. The van der Waals surface area contributed by atoms with E-state index in [0.29, 0.717) is 28.6 Å². The number of hydrogen-bond acceptors (Lipinski definition) is 5. The monoisotopic (exact) mass is 419 g/mol. The molecule has 2 aromatic heterocycles. The number of carbonyl (C=O) groups is 1. The average molecular weight is 420 g/mol. The lowest BCUT2D eigenvalue weighted by atomic mass is 10.2. The number of aromatic nitrogens is 4. The third-order valence-electron chi connectivity index (χ3n) is 5.45. The maximum Gasteiger partial charge on any atom is 0.263 e. The summed E-state index contributed by atoms with van der Waals surface area (Å²) in [5.74, 6) is 0.919. The largest absolute Gasteiger partial charge is 0.342 e. The highest BCUT2D eigenvalue weighted by Crippen LogP contribution is 2.23. The van der Waals surface area contributed by atoms with Gasteiger partial charge < -0.3 is 4.90 Å². The van der Waals surface area contributed by atoms with Crippen molar-refractivity contribution in [3.05, 3.63) is 70.5 Å². The fourth-order valence-corrected chi connectivity index (χ4v) is 4.76. The van der Waals surface area contributed by atoms with Gasteiger partial charge in [0.1, 0.15) is 0 Å². The molecule has 0 atom stereocenters. The lowest BCUT2D eigenvalue weighted by Crippen LogP contribution is -2.29. The summed E-state index contributed by atoms with van der Waals surface area (Å²) in [4.78, 5) is 27.6. The van der Waals surface area contributed by atoms with Crippen LogP contribution in [0.4, 0.5) is 0 Å².